The Morgan fingerprint density at radius 2 is 1.92 bits per heavy atom. The Labute approximate surface area is 151 Å². The predicted molar refractivity (Wildman–Crippen MR) is 89.2 cm³/mol. The van der Waals surface area contributed by atoms with Crippen molar-refractivity contribution in [2.24, 2.45) is 5.92 Å². The molecule has 0 aromatic heterocycles. The lowest BCUT2D eigenvalue weighted by molar-refractivity contribution is -0.127. The smallest absolute Gasteiger partial charge is 0.411 e. The van der Waals surface area contributed by atoms with Crippen LogP contribution < -0.4 is 0 Å². The molecule has 1 aliphatic carbocycles. The fourth-order valence-electron chi connectivity index (χ4n) is 2.97. The monoisotopic (exact) mass is 383 g/mol. The van der Waals surface area contributed by atoms with E-state index in [9.17, 15) is 14.0 Å². The van der Waals surface area contributed by atoms with E-state index < -0.39 is 34.3 Å². The van der Waals surface area contributed by atoms with E-state index in [0.29, 0.717) is 12.8 Å². The summed E-state index contributed by atoms with van der Waals surface area (Å²) in [5, 5.41) is 0. The minimum Gasteiger partial charge on any atom is -0.444 e. The standard InChI is InChI=1S/C16H24Cl2FNO4/c1-15(2,3)24-14(22)20-8-10(19)13(23-4)12(20)11(21)6-5-9-7-16(9,17)18/h9-10,12-13H,5-8H2,1-4H3/t9-,10-,12+,13+/m0/s1. The Morgan fingerprint density at radius 1 is 1.33 bits per heavy atom. The molecule has 1 heterocycles. The second kappa shape index (κ2) is 6.96. The number of carbonyl (C=O) groups excluding carboxylic acids is 2. The number of Topliss-reactive ketones (excluding diaryl/α,β-unsaturated/α-hetero) is 1. The van der Waals surface area contributed by atoms with Crippen LogP contribution in [0.1, 0.15) is 40.0 Å². The van der Waals surface area contributed by atoms with Crippen molar-refractivity contribution < 1.29 is 23.5 Å². The Hall–Kier alpha value is -0.590. The van der Waals surface area contributed by atoms with Crippen molar-refractivity contribution in [1.82, 2.24) is 4.90 Å². The molecule has 138 valence electrons. The van der Waals surface area contributed by atoms with Crippen LogP contribution in [0, 0.1) is 5.92 Å². The summed E-state index contributed by atoms with van der Waals surface area (Å²) in [7, 11) is 1.33. The van der Waals surface area contributed by atoms with Crippen LogP contribution in [0.15, 0.2) is 0 Å². The third kappa shape index (κ3) is 4.52. The minimum absolute atomic E-state index is 0.0586. The number of methoxy groups -OCH3 is 1. The molecule has 0 radical (unpaired) electrons. The highest BCUT2D eigenvalue weighted by atomic mass is 35.5. The van der Waals surface area contributed by atoms with Gasteiger partial charge in [0.25, 0.3) is 0 Å². The van der Waals surface area contributed by atoms with Crippen LogP contribution >= 0.6 is 23.2 Å². The predicted octanol–water partition coefficient (Wildman–Crippen LogP) is 3.50. The van der Waals surface area contributed by atoms with E-state index in [2.05, 4.69) is 0 Å². The molecule has 0 spiro atoms. The van der Waals surface area contributed by atoms with Gasteiger partial charge in [0.05, 0.1) is 6.54 Å². The van der Waals surface area contributed by atoms with Crippen molar-refractivity contribution in [3.05, 3.63) is 0 Å². The van der Waals surface area contributed by atoms with Crippen molar-refractivity contribution >= 4 is 35.1 Å². The van der Waals surface area contributed by atoms with Crippen LogP contribution in [0.4, 0.5) is 9.18 Å². The molecule has 24 heavy (non-hydrogen) atoms. The van der Waals surface area contributed by atoms with Gasteiger partial charge in [-0.2, -0.15) is 0 Å². The van der Waals surface area contributed by atoms with Crippen LogP contribution in [0.3, 0.4) is 0 Å². The number of amides is 1. The molecule has 0 N–H and O–H groups in total. The minimum atomic E-state index is -1.43. The van der Waals surface area contributed by atoms with Gasteiger partial charge in [-0.25, -0.2) is 9.18 Å². The molecule has 2 aliphatic rings. The van der Waals surface area contributed by atoms with E-state index in [-0.39, 0.29) is 24.7 Å². The molecule has 2 fully saturated rings. The van der Waals surface area contributed by atoms with Gasteiger partial charge >= 0.3 is 6.09 Å². The fourth-order valence-corrected chi connectivity index (χ4v) is 3.56. The molecule has 1 amide bonds. The normalized spacial score (nSPS) is 31.9. The summed E-state index contributed by atoms with van der Waals surface area (Å²) < 4.78 is 23.9. The number of halogens is 3. The summed E-state index contributed by atoms with van der Waals surface area (Å²) in [6.07, 6.45) is -1.80. The molecule has 8 heteroatoms. The quantitative estimate of drug-likeness (QED) is 0.681. The number of ether oxygens (including phenoxy) is 2. The van der Waals surface area contributed by atoms with Crippen molar-refractivity contribution in [3.63, 3.8) is 0 Å². The molecule has 0 bridgehead atoms. The van der Waals surface area contributed by atoms with E-state index in [1.54, 1.807) is 20.8 Å². The van der Waals surface area contributed by atoms with Crippen molar-refractivity contribution in [2.45, 2.75) is 68.3 Å². The third-order valence-corrected chi connectivity index (χ3v) is 5.23. The highest BCUT2D eigenvalue weighted by Gasteiger charge is 2.53. The van der Waals surface area contributed by atoms with Gasteiger partial charge in [-0.3, -0.25) is 9.69 Å². The van der Waals surface area contributed by atoms with Gasteiger partial charge in [0.15, 0.2) is 5.78 Å². The van der Waals surface area contributed by atoms with Crippen molar-refractivity contribution in [3.8, 4) is 0 Å². The number of alkyl halides is 3. The van der Waals surface area contributed by atoms with Crippen LogP contribution in [0.2, 0.25) is 0 Å². The fraction of sp³-hybridized carbons (Fsp3) is 0.875. The number of hydrogen-bond acceptors (Lipinski definition) is 4. The second-order valence-electron chi connectivity index (χ2n) is 7.46. The van der Waals surface area contributed by atoms with E-state index >= 15 is 0 Å². The van der Waals surface area contributed by atoms with Gasteiger partial charge in [-0.05, 0) is 39.5 Å². The Bertz CT molecular complexity index is 509. The van der Waals surface area contributed by atoms with Crippen LogP contribution in [-0.2, 0) is 14.3 Å². The summed E-state index contributed by atoms with van der Waals surface area (Å²) in [6, 6.07) is -0.987. The zero-order valence-electron chi connectivity index (χ0n) is 14.4. The molecule has 5 nitrogen and oxygen atoms in total. The first-order valence-corrected chi connectivity index (χ1v) is 8.79. The lowest BCUT2D eigenvalue weighted by Crippen LogP contribution is -2.47. The van der Waals surface area contributed by atoms with Crippen molar-refractivity contribution in [2.75, 3.05) is 13.7 Å². The summed E-state index contributed by atoms with van der Waals surface area (Å²) in [5.74, 6) is -0.202. The molecular weight excluding hydrogens is 360 g/mol. The maximum atomic E-state index is 14.2. The topological polar surface area (TPSA) is 55.8 Å². The Morgan fingerprint density at radius 3 is 2.38 bits per heavy atom. The number of nitrogens with zero attached hydrogens (tertiary/aromatic N) is 1. The first-order valence-electron chi connectivity index (χ1n) is 8.03. The first-order chi connectivity index (χ1) is 11.0. The number of carbonyl (C=O) groups is 2. The molecule has 0 aromatic rings. The summed E-state index contributed by atoms with van der Waals surface area (Å²) in [4.78, 5) is 26.1. The number of ketones is 1. The highest BCUT2D eigenvalue weighted by Crippen LogP contribution is 2.55. The van der Waals surface area contributed by atoms with Gasteiger partial charge in [0, 0.05) is 13.5 Å². The summed E-state index contributed by atoms with van der Waals surface area (Å²) in [5.41, 5.74) is -0.730. The van der Waals surface area contributed by atoms with E-state index in [0.717, 1.165) is 4.90 Å². The van der Waals surface area contributed by atoms with Gasteiger partial charge in [0.1, 0.15) is 28.3 Å². The molecule has 0 unspecified atom stereocenters. The molecule has 4 atom stereocenters. The molecule has 1 saturated heterocycles. The van der Waals surface area contributed by atoms with Gasteiger partial charge in [0.2, 0.25) is 0 Å². The number of hydrogen-bond donors (Lipinski definition) is 0. The van der Waals surface area contributed by atoms with Gasteiger partial charge < -0.3 is 9.47 Å². The average Bonchev–Trinajstić information content (AvgIpc) is 2.89. The third-order valence-electron chi connectivity index (χ3n) is 4.30. The lowest BCUT2D eigenvalue weighted by Gasteiger charge is -2.29. The van der Waals surface area contributed by atoms with Crippen molar-refractivity contribution in [1.29, 1.82) is 0 Å². The lowest BCUT2D eigenvalue weighted by atomic mass is 10.0. The van der Waals surface area contributed by atoms with E-state index in [1.807, 2.05) is 0 Å². The summed E-state index contributed by atoms with van der Waals surface area (Å²) in [6.45, 7) is 4.92. The zero-order chi connectivity index (χ0) is 18.3. The van der Waals surface area contributed by atoms with E-state index in [1.165, 1.54) is 7.11 Å². The molecule has 0 aromatic carbocycles. The molecule has 1 saturated carbocycles. The molecule has 1 aliphatic heterocycles. The zero-order valence-corrected chi connectivity index (χ0v) is 15.9. The molecular formula is C16H24Cl2FNO4. The highest BCUT2D eigenvalue weighted by molar-refractivity contribution is 6.50. The summed E-state index contributed by atoms with van der Waals surface area (Å²) >= 11 is 11.9. The first kappa shape index (κ1) is 19.7. The number of likely N-dealkylation sites (tertiary alicyclic amines) is 1. The maximum absolute atomic E-state index is 14.2. The molecule has 2 rings (SSSR count). The second-order valence-corrected chi connectivity index (χ2v) is 9.00. The van der Waals surface area contributed by atoms with E-state index in [4.69, 9.17) is 32.7 Å². The van der Waals surface area contributed by atoms with Gasteiger partial charge in [-0.15, -0.1) is 23.2 Å². The van der Waals surface area contributed by atoms with Crippen LogP contribution in [0.5, 0.6) is 0 Å². The Kier molecular flexibility index (Phi) is 5.72. The van der Waals surface area contributed by atoms with Gasteiger partial charge in [-0.1, -0.05) is 0 Å². The van der Waals surface area contributed by atoms with Crippen LogP contribution in [0.25, 0.3) is 0 Å². The average molecular weight is 384 g/mol. The number of rotatable bonds is 5. The Balaban J connectivity index is 2.05. The maximum Gasteiger partial charge on any atom is 0.411 e. The SMILES string of the molecule is CO[C@H]1[C@@H](C(=O)CC[C@H]2CC2(Cl)Cl)N(C(=O)OC(C)(C)C)C[C@@H]1F. The van der Waals surface area contributed by atoms with Crippen LogP contribution in [-0.4, -0.2) is 58.7 Å². The largest absolute Gasteiger partial charge is 0.444 e.